The molecular weight excluding hydrogens is 274 g/mol. The van der Waals surface area contributed by atoms with Gasteiger partial charge in [-0.05, 0) is 36.8 Å². The first-order valence-corrected chi connectivity index (χ1v) is 6.80. The molecule has 4 nitrogen and oxygen atoms in total. The molecule has 0 radical (unpaired) electrons. The molecule has 0 saturated carbocycles. The average molecular weight is 285 g/mol. The zero-order valence-electron chi connectivity index (χ0n) is 10.7. The summed E-state index contributed by atoms with van der Waals surface area (Å²) in [5.41, 5.74) is 1.75. The van der Waals surface area contributed by atoms with Crippen molar-refractivity contribution < 1.29 is 14.7 Å². The molecule has 1 aliphatic rings. The average Bonchev–Trinajstić information content (AvgIpc) is 2.68. The minimum absolute atomic E-state index is 0.0529. The molecular formula is C15H11NO3S. The van der Waals surface area contributed by atoms with Crippen molar-refractivity contribution in [1.29, 1.82) is 0 Å². The molecule has 0 aromatic heterocycles. The van der Waals surface area contributed by atoms with Crippen LogP contribution in [0.4, 0.5) is 0 Å². The summed E-state index contributed by atoms with van der Waals surface area (Å²) in [6, 6.07) is 11.8. The molecule has 0 aliphatic carbocycles. The van der Waals surface area contributed by atoms with E-state index in [1.165, 1.54) is 0 Å². The number of nitrogens with zero attached hydrogens (tertiary/aromatic N) is 1. The van der Waals surface area contributed by atoms with Crippen molar-refractivity contribution >= 4 is 23.8 Å². The van der Waals surface area contributed by atoms with Gasteiger partial charge in [0.15, 0.2) is 0 Å². The van der Waals surface area contributed by atoms with Gasteiger partial charge in [-0.2, -0.15) is 0 Å². The standard InChI is InChI=1S/C15H11NO3S/c1-9-6-7-12(17)13(8-9)20-16-14(18)10-4-2-3-5-11(10)15(16)19/h2-8,17H,1H3. The Bertz CT molecular complexity index is 692. The lowest BCUT2D eigenvalue weighted by Crippen LogP contribution is -2.21. The molecule has 2 amide bonds. The van der Waals surface area contributed by atoms with E-state index in [1.54, 1.807) is 42.5 Å². The van der Waals surface area contributed by atoms with Gasteiger partial charge < -0.3 is 5.11 Å². The first-order valence-electron chi connectivity index (χ1n) is 6.03. The van der Waals surface area contributed by atoms with Crippen molar-refractivity contribution in [2.24, 2.45) is 0 Å². The van der Waals surface area contributed by atoms with E-state index in [9.17, 15) is 14.7 Å². The fourth-order valence-corrected chi connectivity index (χ4v) is 3.00. The molecule has 2 aromatic rings. The van der Waals surface area contributed by atoms with Gasteiger partial charge in [0.05, 0.1) is 16.0 Å². The highest BCUT2D eigenvalue weighted by molar-refractivity contribution is 7.98. The Hall–Kier alpha value is -2.27. The van der Waals surface area contributed by atoms with E-state index in [-0.39, 0.29) is 17.6 Å². The van der Waals surface area contributed by atoms with E-state index >= 15 is 0 Å². The number of phenolic OH excluding ortho intramolecular Hbond substituents is 1. The lowest BCUT2D eigenvalue weighted by molar-refractivity contribution is 0.0777. The number of aryl methyl sites for hydroxylation is 1. The zero-order chi connectivity index (χ0) is 14.3. The second kappa shape index (κ2) is 4.68. The van der Waals surface area contributed by atoms with Gasteiger partial charge in [0.1, 0.15) is 5.75 Å². The van der Waals surface area contributed by atoms with Crippen LogP contribution < -0.4 is 0 Å². The van der Waals surface area contributed by atoms with Crippen molar-refractivity contribution in [2.45, 2.75) is 11.8 Å². The summed E-state index contributed by atoms with van der Waals surface area (Å²) in [4.78, 5) is 24.9. The first-order chi connectivity index (χ1) is 9.58. The quantitative estimate of drug-likeness (QED) is 0.680. The second-order valence-electron chi connectivity index (χ2n) is 4.51. The van der Waals surface area contributed by atoms with E-state index in [1.807, 2.05) is 6.92 Å². The number of carbonyl (C=O) groups is 2. The van der Waals surface area contributed by atoms with E-state index < -0.39 is 0 Å². The van der Waals surface area contributed by atoms with E-state index in [4.69, 9.17) is 0 Å². The smallest absolute Gasteiger partial charge is 0.272 e. The number of phenols is 1. The maximum atomic E-state index is 12.2. The van der Waals surface area contributed by atoms with Gasteiger partial charge in [-0.3, -0.25) is 9.59 Å². The number of imide groups is 1. The highest BCUT2D eigenvalue weighted by Gasteiger charge is 2.36. The number of carbonyl (C=O) groups excluding carboxylic acids is 2. The third-order valence-corrected chi connectivity index (χ3v) is 4.10. The molecule has 0 atom stereocenters. The number of benzene rings is 2. The predicted molar refractivity (Wildman–Crippen MR) is 75.6 cm³/mol. The Balaban J connectivity index is 1.96. The van der Waals surface area contributed by atoms with Gasteiger partial charge in [0, 0.05) is 11.9 Å². The third-order valence-electron chi connectivity index (χ3n) is 3.06. The number of hydrogen-bond donors (Lipinski definition) is 1. The second-order valence-corrected chi connectivity index (χ2v) is 5.50. The Labute approximate surface area is 120 Å². The van der Waals surface area contributed by atoms with Crippen LogP contribution >= 0.6 is 11.9 Å². The van der Waals surface area contributed by atoms with Crippen LogP contribution in [0.25, 0.3) is 0 Å². The molecule has 0 saturated heterocycles. The predicted octanol–water partition coefficient (Wildman–Crippen LogP) is 3.00. The van der Waals surface area contributed by atoms with E-state index in [2.05, 4.69) is 0 Å². The number of fused-ring (bicyclic) bond motifs is 1. The molecule has 0 unspecified atom stereocenters. The van der Waals surface area contributed by atoms with Gasteiger partial charge in [-0.25, -0.2) is 4.31 Å². The van der Waals surface area contributed by atoms with Crippen molar-refractivity contribution in [3.05, 3.63) is 59.2 Å². The minimum atomic E-state index is -0.350. The van der Waals surface area contributed by atoms with Crippen molar-refractivity contribution in [3.8, 4) is 5.75 Å². The normalized spacial score (nSPS) is 13.8. The van der Waals surface area contributed by atoms with Crippen LogP contribution in [-0.2, 0) is 0 Å². The maximum Gasteiger partial charge on any atom is 0.272 e. The van der Waals surface area contributed by atoms with Crippen LogP contribution in [0, 0.1) is 6.92 Å². The highest BCUT2D eigenvalue weighted by Crippen LogP contribution is 2.36. The van der Waals surface area contributed by atoms with Crippen LogP contribution in [0.5, 0.6) is 5.75 Å². The lowest BCUT2D eigenvalue weighted by Gasteiger charge is -2.13. The highest BCUT2D eigenvalue weighted by atomic mass is 32.2. The van der Waals surface area contributed by atoms with Crippen LogP contribution in [0.3, 0.4) is 0 Å². The Morgan fingerprint density at radius 1 is 1.00 bits per heavy atom. The molecule has 3 rings (SSSR count). The van der Waals surface area contributed by atoms with Gasteiger partial charge in [-0.1, -0.05) is 18.2 Å². The summed E-state index contributed by atoms with van der Waals surface area (Å²) in [5.74, 6) is -0.648. The molecule has 5 heteroatoms. The minimum Gasteiger partial charge on any atom is -0.507 e. The van der Waals surface area contributed by atoms with Crippen molar-refractivity contribution in [1.82, 2.24) is 4.31 Å². The third kappa shape index (κ3) is 1.96. The Morgan fingerprint density at radius 3 is 2.20 bits per heavy atom. The van der Waals surface area contributed by atoms with Crippen LogP contribution in [0.1, 0.15) is 26.3 Å². The summed E-state index contributed by atoms with van der Waals surface area (Å²) in [6.45, 7) is 1.88. The summed E-state index contributed by atoms with van der Waals surface area (Å²) in [5, 5.41) is 9.81. The fraction of sp³-hybridized carbons (Fsp3) is 0.0667. The first kappa shape index (κ1) is 12.7. The van der Waals surface area contributed by atoms with Crippen LogP contribution in [0.15, 0.2) is 47.4 Å². The zero-order valence-corrected chi connectivity index (χ0v) is 11.5. The van der Waals surface area contributed by atoms with Crippen LogP contribution in [0.2, 0.25) is 0 Å². The topological polar surface area (TPSA) is 57.6 Å². The number of aromatic hydroxyl groups is 1. The molecule has 100 valence electrons. The molecule has 2 aromatic carbocycles. The van der Waals surface area contributed by atoms with E-state index in [0.29, 0.717) is 16.0 Å². The van der Waals surface area contributed by atoms with Gasteiger partial charge >= 0.3 is 0 Å². The monoisotopic (exact) mass is 285 g/mol. The molecule has 1 heterocycles. The van der Waals surface area contributed by atoms with Crippen LogP contribution in [-0.4, -0.2) is 21.2 Å². The molecule has 20 heavy (non-hydrogen) atoms. The Morgan fingerprint density at radius 2 is 1.60 bits per heavy atom. The summed E-state index contributed by atoms with van der Waals surface area (Å²) in [6.07, 6.45) is 0. The molecule has 0 bridgehead atoms. The number of rotatable bonds is 2. The number of hydrogen-bond acceptors (Lipinski definition) is 4. The molecule has 0 spiro atoms. The van der Waals surface area contributed by atoms with E-state index in [0.717, 1.165) is 21.8 Å². The van der Waals surface area contributed by atoms with Gasteiger partial charge in [0.25, 0.3) is 11.8 Å². The number of amides is 2. The fourth-order valence-electron chi connectivity index (χ4n) is 2.04. The largest absolute Gasteiger partial charge is 0.507 e. The molecule has 0 fully saturated rings. The summed E-state index contributed by atoms with van der Waals surface area (Å²) in [7, 11) is 0. The van der Waals surface area contributed by atoms with Crippen molar-refractivity contribution in [2.75, 3.05) is 0 Å². The molecule has 1 aliphatic heterocycles. The van der Waals surface area contributed by atoms with Crippen molar-refractivity contribution in [3.63, 3.8) is 0 Å². The SMILES string of the molecule is Cc1ccc(O)c(SN2C(=O)c3ccccc3C2=O)c1. The Kier molecular flexibility index (Phi) is 2.99. The summed E-state index contributed by atoms with van der Waals surface area (Å²) >= 11 is 0.949. The summed E-state index contributed by atoms with van der Waals surface area (Å²) < 4.78 is 1.08. The lowest BCUT2D eigenvalue weighted by atomic mass is 10.1. The molecule has 1 N–H and O–H groups in total. The van der Waals surface area contributed by atoms with Gasteiger partial charge in [-0.15, -0.1) is 0 Å². The van der Waals surface area contributed by atoms with Gasteiger partial charge in [0.2, 0.25) is 0 Å². The maximum absolute atomic E-state index is 12.2.